The van der Waals surface area contributed by atoms with Crippen LogP contribution in [-0.4, -0.2) is 57.2 Å². The molecule has 1 N–H and O–H groups in total. The maximum absolute atomic E-state index is 12.1. The first-order valence-electron chi connectivity index (χ1n) is 5.53. The minimum Gasteiger partial charge on any atom is -0.480 e. The number of thioether (sulfide) groups is 1. The molecule has 0 aromatic rings. The summed E-state index contributed by atoms with van der Waals surface area (Å²) in [7, 11) is 0. The van der Waals surface area contributed by atoms with Gasteiger partial charge in [-0.2, -0.15) is 0 Å². The fourth-order valence-corrected chi connectivity index (χ4v) is 3.07. The molecule has 1 atom stereocenters. The Balaban J connectivity index is 2.04. The number of urea groups is 1. The monoisotopic (exact) mass is 244 g/mol. The largest absolute Gasteiger partial charge is 0.480 e. The lowest BCUT2D eigenvalue weighted by Gasteiger charge is -2.28. The Labute approximate surface area is 98.8 Å². The average molecular weight is 244 g/mol. The van der Waals surface area contributed by atoms with Crippen molar-refractivity contribution in [2.24, 2.45) is 0 Å². The molecule has 1 saturated heterocycles. The van der Waals surface area contributed by atoms with Gasteiger partial charge in [0.2, 0.25) is 0 Å². The van der Waals surface area contributed by atoms with Crippen LogP contribution >= 0.6 is 11.8 Å². The molecule has 2 rings (SSSR count). The maximum atomic E-state index is 12.1. The van der Waals surface area contributed by atoms with Crippen LogP contribution < -0.4 is 0 Å². The summed E-state index contributed by atoms with van der Waals surface area (Å²) >= 11 is 1.50. The predicted octanol–water partition coefficient (Wildman–Crippen LogP) is 1.05. The van der Waals surface area contributed by atoms with Gasteiger partial charge in [-0.1, -0.05) is 0 Å². The molecule has 1 aliphatic heterocycles. The van der Waals surface area contributed by atoms with E-state index >= 15 is 0 Å². The van der Waals surface area contributed by atoms with Crippen LogP contribution in [0.3, 0.4) is 0 Å². The van der Waals surface area contributed by atoms with Gasteiger partial charge in [0, 0.05) is 18.3 Å². The number of hydrogen-bond acceptors (Lipinski definition) is 3. The molecule has 2 aliphatic rings. The molecule has 0 unspecified atom stereocenters. The molecule has 2 amide bonds. The zero-order valence-electron chi connectivity index (χ0n) is 9.26. The van der Waals surface area contributed by atoms with E-state index in [0.717, 1.165) is 12.8 Å². The van der Waals surface area contributed by atoms with E-state index in [1.165, 1.54) is 16.7 Å². The smallest absolute Gasteiger partial charge is 0.327 e. The number of aliphatic carboxylic acids is 1. The van der Waals surface area contributed by atoms with Crippen LogP contribution in [0.15, 0.2) is 0 Å². The molecule has 0 bridgehead atoms. The highest BCUT2D eigenvalue weighted by atomic mass is 32.2. The normalized spacial score (nSPS) is 24.6. The molecular formula is C10H16N2O3S. The Morgan fingerprint density at radius 3 is 2.69 bits per heavy atom. The molecule has 0 aromatic carbocycles. The maximum Gasteiger partial charge on any atom is 0.327 e. The summed E-state index contributed by atoms with van der Waals surface area (Å²) in [6, 6.07) is -0.412. The zero-order valence-corrected chi connectivity index (χ0v) is 10.1. The highest BCUT2D eigenvalue weighted by Crippen LogP contribution is 2.30. The van der Waals surface area contributed by atoms with Crippen LogP contribution in [0.5, 0.6) is 0 Å². The first kappa shape index (κ1) is 11.6. The van der Waals surface area contributed by atoms with Gasteiger partial charge in [0.25, 0.3) is 0 Å². The van der Waals surface area contributed by atoms with Gasteiger partial charge in [-0.25, -0.2) is 9.59 Å². The van der Waals surface area contributed by atoms with Gasteiger partial charge in [0.1, 0.15) is 6.04 Å². The second kappa shape index (κ2) is 4.53. The van der Waals surface area contributed by atoms with Gasteiger partial charge >= 0.3 is 12.0 Å². The highest BCUT2D eigenvalue weighted by molar-refractivity contribution is 7.99. The van der Waals surface area contributed by atoms with E-state index in [9.17, 15) is 9.59 Å². The van der Waals surface area contributed by atoms with Crippen molar-refractivity contribution in [3.8, 4) is 0 Å². The van der Waals surface area contributed by atoms with Crippen molar-refractivity contribution in [3.05, 3.63) is 0 Å². The molecule has 0 aromatic heterocycles. The van der Waals surface area contributed by atoms with E-state index in [1.807, 2.05) is 6.92 Å². The molecule has 0 radical (unpaired) electrons. The third kappa shape index (κ3) is 2.11. The lowest BCUT2D eigenvalue weighted by Crippen LogP contribution is -2.49. The van der Waals surface area contributed by atoms with Gasteiger partial charge in [-0.15, -0.1) is 11.8 Å². The second-order valence-electron chi connectivity index (χ2n) is 4.12. The Hall–Kier alpha value is -0.910. The van der Waals surface area contributed by atoms with Gasteiger partial charge in [-0.05, 0) is 19.8 Å². The molecule has 2 fully saturated rings. The summed E-state index contributed by atoms with van der Waals surface area (Å²) in [4.78, 5) is 26.4. The van der Waals surface area contributed by atoms with E-state index in [2.05, 4.69) is 0 Å². The quantitative estimate of drug-likeness (QED) is 0.806. The van der Waals surface area contributed by atoms with Crippen molar-refractivity contribution < 1.29 is 14.7 Å². The summed E-state index contributed by atoms with van der Waals surface area (Å²) in [5.41, 5.74) is 0. The van der Waals surface area contributed by atoms with Gasteiger partial charge in [0.15, 0.2) is 0 Å². The van der Waals surface area contributed by atoms with Crippen LogP contribution in [-0.2, 0) is 4.79 Å². The van der Waals surface area contributed by atoms with Gasteiger partial charge in [0.05, 0.1) is 5.88 Å². The molecule has 1 heterocycles. The SMILES string of the molecule is CCN(C(=O)N1CSC[C@H]1C(=O)O)C1CC1. The molecule has 0 spiro atoms. The average Bonchev–Trinajstić information content (AvgIpc) is 2.95. The summed E-state index contributed by atoms with van der Waals surface area (Å²) < 4.78 is 0. The van der Waals surface area contributed by atoms with Crippen LogP contribution in [0.1, 0.15) is 19.8 Å². The van der Waals surface area contributed by atoms with E-state index in [1.54, 1.807) is 4.90 Å². The zero-order chi connectivity index (χ0) is 11.7. The lowest BCUT2D eigenvalue weighted by atomic mass is 10.3. The van der Waals surface area contributed by atoms with Crippen LogP contribution in [0.4, 0.5) is 4.79 Å². The van der Waals surface area contributed by atoms with E-state index in [-0.39, 0.29) is 6.03 Å². The first-order valence-corrected chi connectivity index (χ1v) is 6.68. The van der Waals surface area contributed by atoms with Crippen LogP contribution in [0.2, 0.25) is 0 Å². The number of amides is 2. The number of hydrogen-bond donors (Lipinski definition) is 1. The second-order valence-corrected chi connectivity index (χ2v) is 5.12. The summed E-state index contributed by atoms with van der Waals surface area (Å²) in [6.45, 7) is 2.60. The minimum atomic E-state index is -0.898. The molecule has 16 heavy (non-hydrogen) atoms. The van der Waals surface area contributed by atoms with Crippen molar-refractivity contribution in [3.63, 3.8) is 0 Å². The summed E-state index contributed by atoms with van der Waals surface area (Å²) in [5.74, 6) is 0.104. The number of carboxylic acid groups (broad SMARTS) is 1. The minimum absolute atomic E-state index is 0.109. The van der Waals surface area contributed by atoms with E-state index in [0.29, 0.717) is 24.2 Å². The fraction of sp³-hybridized carbons (Fsp3) is 0.800. The Morgan fingerprint density at radius 1 is 1.50 bits per heavy atom. The Morgan fingerprint density at radius 2 is 2.19 bits per heavy atom. The predicted molar refractivity (Wildman–Crippen MR) is 61.4 cm³/mol. The number of rotatable bonds is 3. The molecule has 5 nitrogen and oxygen atoms in total. The van der Waals surface area contributed by atoms with E-state index < -0.39 is 12.0 Å². The standard InChI is InChI=1S/C10H16N2O3S/c1-2-11(7-3-4-7)10(15)12-6-16-5-8(12)9(13)14/h7-8H,2-6H2,1H3,(H,13,14)/t8-/m0/s1. The molecule has 90 valence electrons. The number of carbonyl (C=O) groups is 2. The summed E-state index contributed by atoms with van der Waals surface area (Å²) in [5, 5.41) is 9.02. The Bertz CT molecular complexity index is 306. The van der Waals surface area contributed by atoms with Gasteiger partial charge in [-0.3, -0.25) is 0 Å². The molecular weight excluding hydrogens is 228 g/mol. The third-order valence-corrected chi connectivity index (χ3v) is 4.00. The van der Waals surface area contributed by atoms with Crippen molar-refractivity contribution in [1.29, 1.82) is 0 Å². The number of carbonyl (C=O) groups excluding carboxylic acids is 1. The van der Waals surface area contributed by atoms with Crippen molar-refractivity contribution in [2.75, 3.05) is 18.2 Å². The summed E-state index contributed by atoms with van der Waals surface area (Å²) in [6.07, 6.45) is 2.11. The van der Waals surface area contributed by atoms with Crippen molar-refractivity contribution >= 4 is 23.8 Å². The lowest BCUT2D eigenvalue weighted by molar-refractivity contribution is -0.140. The van der Waals surface area contributed by atoms with Crippen molar-refractivity contribution in [2.45, 2.75) is 31.8 Å². The number of nitrogens with zero attached hydrogens (tertiary/aromatic N) is 2. The molecule has 1 saturated carbocycles. The first-order chi connectivity index (χ1) is 7.65. The topological polar surface area (TPSA) is 60.9 Å². The van der Waals surface area contributed by atoms with Gasteiger partial charge < -0.3 is 14.9 Å². The van der Waals surface area contributed by atoms with Crippen LogP contribution in [0, 0.1) is 0 Å². The fourth-order valence-electron chi connectivity index (χ4n) is 1.94. The molecule has 6 heteroatoms. The highest BCUT2D eigenvalue weighted by Gasteiger charge is 2.40. The number of carboxylic acids is 1. The van der Waals surface area contributed by atoms with Crippen LogP contribution in [0.25, 0.3) is 0 Å². The molecule has 1 aliphatic carbocycles. The Kier molecular flexibility index (Phi) is 3.28. The van der Waals surface area contributed by atoms with Crippen molar-refractivity contribution in [1.82, 2.24) is 9.80 Å². The third-order valence-electron chi connectivity index (χ3n) is 2.99. The van der Waals surface area contributed by atoms with E-state index in [4.69, 9.17) is 5.11 Å².